The highest BCUT2D eigenvalue weighted by atomic mass is 16.6. The summed E-state index contributed by atoms with van der Waals surface area (Å²) < 4.78 is 0. The van der Waals surface area contributed by atoms with Crippen LogP contribution in [0, 0.1) is 30.3 Å². The van der Waals surface area contributed by atoms with E-state index in [2.05, 4.69) is 15.8 Å². The van der Waals surface area contributed by atoms with Crippen LogP contribution in [0.3, 0.4) is 0 Å². The van der Waals surface area contributed by atoms with E-state index >= 15 is 0 Å². The van der Waals surface area contributed by atoms with E-state index in [-0.39, 0.29) is 27.8 Å². The maximum absolute atomic E-state index is 12.2. The molecule has 2 N–H and O–H groups in total. The summed E-state index contributed by atoms with van der Waals surface area (Å²) in [7, 11) is 0. The van der Waals surface area contributed by atoms with E-state index < -0.39 is 32.1 Å². The molecule has 1 heterocycles. The smallest absolute Gasteiger partial charge is 0.290 e. The molecular weight excluding hydrogens is 388 g/mol. The van der Waals surface area contributed by atoms with Crippen molar-refractivity contribution in [3.05, 3.63) is 84.6 Å². The summed E-state index contributed by atoms with van der Waals surface area (Å²) in [5.74, 6) is -0.739. The SMILES string of the molecule is O=C(NNc1c([N+](=O)[O-])cc([N+](=O)[O-])c2cccnc12)c1ccc([N+](=O)[O-])cc1. The molecule has 0 aliphatic carbocycles. The van der Waals surface area contributed by atoms with Crippen LogP contribution in [0.5, 0.6) is 0 Å². The number of pyridine rings is 1. The number of hydrogen-bond acceptors (Lipinski definition) is 9. The molecule has 0 bridgehead atoms. The number of carbonyl (C=O) groups excluding carboxylic acids is 1. The molecule has 29 heavy (non-hydrogen) atoms. The predicted molar refractivity (Wildman–Crippen MR) is 99.2 cm³/mol. The van der Waals surface area contributed by atoms with Crippen molar-refractivity contribution >= 4 is 39.6 Å². The number of nitro benzene ring substituents is 3. The number of nitrogens with zero attached hydrogens (tertiary/aromatic N) is 4. The van der Waals surface area contributed by atoms with E-state index in [1.54, 1.807) is 0 Å². The number of fused-ring (bicyclic) bond motifs is 1. The Balaban J connectivity index is 1.97. The zero-order valence-corrected chi connectivity index (χ0v) is 14.3. The van der Waals surface area contributed by atoms with Crippen LogP contribution in [-0.2, 0) is 0 Å². The Hall–Kier alpha value is -4.68. The molecule has 0 saturated heterocycles. The van der Waals surface area contributed by atoms with Gasteiger partial charge in [-0.05, 0) is 24.3 Å². The zero-order chi connectivity index (χ0) is 21.1. The van der Waals surface area contributed by atoms with Crippen molar-refractivity contribution in [2.45, 2.75) is 0 Å². The van der Waals surface area contributed by atoms with Crippen LogP contribution in [0.25, 0.3) is 10.9 Å². The largest absolute Gasteiger partial charge is 0.303 e. The Morgan fingerprint density at radius 2 is 1.55 bits per heavy atom. The van der Waals surface area contributed by atoms with E-state index in [1.165, 1.54) is 30.5 Å². The minimum Gasteiger partial charge on any atom is -0.290 e. The van der Waals surface area contributed by atoms with Crippen molar-refractivity contribution in [2.24, 2.45) is 0 Å². The predicted octanol–water partition coefficient (Wildman–Crippen LogP) is 2.72. The van der Waals surface area contributed by atoms with Crippen molar-refractivity contribution in [1.82, 2.24) is 10.4 Å². The number of benzene rings is 2. The molecule has 0 unspecified atom stereocenters. The van der Waals surface area contributed by atoms with E-state index in [0.717, 1.165) is 18.2 Å². The van der Waals surface area contributed by atoms with E-state index in [1.807, 2.05) is 0 Å². The lowest BCUT2D eigenvalue weighted by Gasteiger charge is -2.11. The monoisotopic (exact) mass is 398 g/mol. The molecule has 0 radical (unpaired) electrons. The first kappa shape index (κ1) is 19.1. The third-order valence-electron chi connectivity index (χ3n) is 3.88. The lowest BCUT2D eigenvalue weighted by molar-refractivity contribution is -0.392. The summed E-state index contributed by atoms with van der Waals surface area (Å²) in [5, 5.41) is 33.3. The number of amides is 1. The molecule has 3 aromatic rings. The first-order valence-corrected chi connectivity index (χ1v) is 7.81. The van der Waals surface area contributed by atoms with Gasteiger partial charge in [-0.2, -0.15) is 0 Å². The van der Waals surface area contributed by atoms with Gasteiger partial charge < -0.3 is 0 Å². The van der Waals surface area contributed by atoms with Gasteiger partial charge in [-0.25, -0.2) is 0 Å². The molecule has 146 valence electrons. The maximum Gasteiger partial charge on any atom is 0.303 e. The van der Waals surface area contributed by atoms with Crippen molar-refractivity contribution < 1.29 is 19.6 Å². The number of hydrogen-bond donors (Lipinski definition) is 2. The Bertz CT molecular complexity index is 1160. The van der Waals surface area contributed by atoms with Crippen molar-refractivity contribution in [1.29, 1.82) is 0 Å². The van der Waals surface area contributed by atoms with Crippen molar-refractivity contribution in [2.75, 3.05) is 5.43 Å². The standard InChI is InChI=1S/C16H10N6O7/c23-16(9-3-5-10(6-4-9)20(24)25)19-18-15-13(22(28)29)8-12(21(26)27)11-2-1-7-17-14(11)15/h1-8,18H,(H,19,23). The average molecular weight is 398 g/mol. The highest BCUT2D eigenvalue weighted by Crippen LogP contribution is 2.37. The van der Waals surface area contributed by atoms with Crippen molar-refractivity contribution in [3.63, 3.8) is 0 Å². The Labute approximate surface area is 160 Å². The fourth-order valence-electron chi connectivity index (χ4n) is 2.56. The molecule has 0 spiro atoms. The topological polar surface area (TPSA) is 183 Å². The van der Waals surface area contributed by atoms with Crippen LogP contribution in [0.15, 0.2) is 48.7 Å². The summed E-state index contributed by atoms with van der Waals surface area (Å²) in [4.78, 5) is 47.3. The molecular formula is C16H10N6O7. The van der Waals surface area contributed by atoms with Crippen LogP contribution in [0.2, 0.25) is 0 Å². The molecule has 0 atom stereocenters. The Morgan fingerprint density at radius 3 is 2.14 bits per heavy atom. The Morgan fingerprint density at radius 1 is 0.897 bits per heavy atom. The number of non-ortho nitro benzene ring substituents is 2. The lowest BCUT2D eigenvalue weighted by atomic mass is 10.1. The number of rotatable bonds is 6. The number of carbonyl (C=O) groups is 1. The molecule has 0 fully saturated rings. The third kappa shape index (κ3) is 3.73. The molecule has 3 rings (SSSR count). The van der Waals surface area contributed by atoms with Gasteiger partial charge in [-0.3, -0.25) is 51.0 Å². The minimum absolute atomic E-state index is 0.0372. The molecule has 1 aromatic heterocycles. The van der Waals surface area contributed by atoms with Crippen LogP contribution in [0.1, 0.15) is 10.4 Å². The number of hydrazine groups is 1. The summed E-state index contributed by atoms with van der Waals surface area (Å²) in [6.45, 7) is 0. The van der Waals surface area contributed by atoms with Gasteiger partial charge in [0.2, 0.25) is 0 Å². The van der Waals surface area contributed by atoms with Gasteiger partial charge in [0.15, 0.2) is 5.69 Å². The van der Waals surface area contributed by atoms with Gasteiger partial charge in [0, 0.05) is 23.9 Å². The first-order chi connectivity index (χ1) is 13.8. The zero-order valence-electron chi connectivity index (χ0n) is 14.3. The first-order valence-electron chi connectivity index (χ1n) is 7.81. The highest BCUT2D eigenvalue weighted by Gasteiger charge is 2.26. The normalized spacial score (nSPS) is 10.3. The quantitative estimate of drug-likeness (QED) is 0.465. The van der Waals surface area contributed by atoms with Gasteiger partial charge in [0.25, 0.3) is 17.3 Å². The number of nitro groups is 3. The van der Waals surface area contributed by atoms with E-state index in [4.69, 9.17) is 0 Å². The molecule has 0 saturated carbocycles. The second kappa shape index (κ2) is 7.51. The van der Waals surface area contributed by atoms with E-state index in [9.17, 15) is 35.1 Å². The van der Waals surface area contributed by atoms with E-state index in [0.29, 0.717) is 0 Å². The second-order valence-corrected chi connectivity index (χ2v) is 5.59. The summed E-state index contributed by atoms with van der Waals surface area (Å²) in [6.07, 6.45) is 1.29. The number of aromatic nitrogens is 1. The van der Waals surface area contributed by atoms with Gasteiger partial charge >= 0.3 is 5.69 Å². The van der Waals surface area contributed by atoms with Crippen LogP contribution in [0.4, 0.5) is 22.7 Å². The molecule has 0 aliphatic heterocycles. The molecule has 1 amide bonds. The van der Waals surface area contributed by atoms with Crippen LogP contribution < -0.4 is 10.9 Å². The third-order valence-corrected chi connectivity index (χ3v) is 3.88. The highest BCUT2D eigenvalue weighted by molar-refractivity contribution is 6.02. The molecule has 0 aliphatic rings. The summed E-state index contributed by atoms with van der Waals surface area (Å²) >= 11 is 0. The fourth-order valence-corrected chi connectivity index (χ4v) is 2.56. The Kier molecular flexibility index (Phi) is 4.95. The molecule has 13 nitrogen and oxygen atoms in total. The van der Waals surface area contributed by atoms with Crippen molar-refractivity contribution in [3.8, 4) is 0 Å². The van der Waals surface area contributed by atoms with Gasteiger partial charge in [0.1, 0.15) is 5.52 Å². The second-order valence-electron chi connectivity index (χ2n) is 5.59. The average Bonchev–Trinajstić information content (AvgIpc) is 2.71. The van der Waals surface area contributed by atoms with Gasteiger partial charge in [-0.15, -0.1) is 0 Å². The van der Waals surface area contributed by atoms with Crippen LogP contribution >= 0.6 is 0 Å². The lowest BCUT2D eigenvalue weighted by Crippen LogP contribution is -2.30. The van der Waals surface area contributed by atoms with Gasteiger partial charge in [0.05, 0.1) is 26.2 Å². The minimum atomic E-state index is -0.846. The maximum atomic E-state index is 12.2. The fraction of sp³-hybridized carbons (Fsp3) is 0. The van der Waals surface area contributed by atoms with Gasteiger partial charge in [-0.1, -0.05) is 0 Å². The molecule has 2 aromatic carbocycles. The number of anilines is 1. The summed E-state index contributed by atoms with van der Waals surface area (Å²) in [6, 6.07) is 8.23. The summed E-state index contributed by atoms with van der Waals surface area (Å²) in [5.41, 5.74) is 2.94. The number of nitrogens with one attached hydrogen (secondary N) is 2. The molecule has 13 heteroatoms. The van der Waals surface area contributed by atoms with Crippen LogP contribution in [-0.4, -0.2) is 25.7 Å².